The van der Waals surface area contributed by atoms with E-state index in [1.807, 2.05) is 24.3 Å². The molecule has 0 saturated heterocycles. The molecule has 0 atom stereocenters. The van der Waals surface area contributed by atoms with Gasteiger partial charge in [-0.2, -0.15) is 0 Å². The van der Waals surface area contributed by atoms with Crippen LogP contribution in [0, 0.1) is 0 Å². The van der Waals surface area contributed by atoms with Crippen LogP contribution in [0.4, 0.5) is 5.69 Å². The second-order valence-electron chi connectivity index (χ2n) is 4.10. The molecule has 0 saturated carbocycles. The minimum absolute atomic E-state index is 0.0531. The van der Waals surface area contributed by atoms with Gasteiger partial charge in [-0.1, -0.05) is 34.5 Å². The Morgan fingerprint density at radius 1 is 1.25 bits per heavy atom. The van der Waals surface area contributed by atoms with E-state index >= 15 is 0 Å². The summed E-state index contributed by atoms with van der Waals surface area (Å²) in [4.78, 5) is 11.3. The fourth-order valence-corrected chi connectivity index (χ4v) is 2.02. The lowest BCUT2D eigenvalue weighted by atomic mass is 10.3. The lowest BCUT2D eigenvalue weighted by Crippen LogP contribution is -2.09. The van der Waals surface area contributed by atoms with Gasteiger partial charge in [-0.25, -0.2) is 0 Å². The maximum Gasteiger partial charge on any atom is 0.224 e. The molecular weight excluding hydrogens is 342 g/mol. The highest BCUT2D eigenvalue weighted by atomic mass is 79.9. The molecule has 2 aromatic carbocycles. The summed E-state index contributed by atoms with van der Waals surface area (Å²) in [5, 5.41) is 3.19. The number of hydrogen-bond donors (Lipinski definition) is 1. The van der Waals surface area contributed by atoms with Gasteiger partial charge in [0.25, 0.3) is 0 Å². The minimum Gasteiger partial charge on any atom is -0.456 e. The summed E-state index contributed by atoms with van der Waals surface area (Å²) in [7, 11) is 0. The van der Waals surface area contributed by atoms with Crippen molar-refractivity contribution in [3.63, 3.8) is 0 Å². The Bertz CT molecular complexity index is 614. The first-order valence-electron chi connectivity index (χ1n) is 6.11. The summed E-state index contributed by atoms with van der Waals surface area (Å²) in [5.41, 5.74) is 0.657. The predicted octanol–water partition coefficient (Wildman–Crippen LogP) is 5.24. The topological polar surface area (TPSA) is 38.3 Å². The Labute approximate surface area is 131 Å². The lowest BCUT2D eigenvalue weighted by molar-refractivity contribution is -0.115. The van der Waals surface area contributed by atoms with E-state index in [-0.39, 0.29) is 5.91 Å². The van der Waals surface area contributed by atoms with E-state index in [0.29, 0.717) is 28.6 Å². The summed E-state index contributed by atoms with van der Waals surface area (Å²) in [6.45, 7) is 1.79. The molecule has 20 heavy (non-hydrogen) atoms. The SMILES string of the molecule is CCC(=O)Nc1ccc(Oc2ccc(Br)cc2)c(Cl)c1. The standard InChI is InChI=1S/C15H13BrClNO2/c1-2-15(19)18-11-5-8-14(13(17)9-11)20-12-6-3-10(16)4-7-12/h3-9H,2H2,1H3,(H,18,19). The summed E-state index contributed by atoms with van der Waals surface area (Å²) in [6, 6.07) is 12.6. The van der Waals surface area contributed by atoms with Crippen LogP contribution in [-0.2, 0) is 4.79 Å². The third-order valence-electron chi connectivity index (χ3n) is 2.58. The number of hydrogen-bond acceptors (Lipinski definition) is 2. The number of halogens is 2. The number of nitrogens with one attached hydrogen (secondary N) is 1. The van der Waals surface area contributed by atoms with Crippen molar-refractivity contribution >= 4 is 39.1 Å². The molecule has 0 fully saturated rings. The van der Waals surface area contributed by atoms with E-state index in [4.69, 9.17) is 16.3 Å². The number of carbonyl (C=O) groups excluding carboxylic acids is 1. The highest BCUT2D eigenvalue weighted by Gasteiger charge is 2.06. The fourth-order valence-electron chi connectivity index (χ4n) is 1.54. The number of rotatable bonds is 4. The molecular formula is C15H13BrClNO2. The number of ether oxygens (including phenoxy) is 1. The van der Waals surface area contributed by atoms with Crippen LogP contribution in [0.25, 0.3) is 0 Å². The Morgan fingerprint density at radius 3 is 2.55 bits per heavy atom. The van der Waals surface area contributed by atoms with Gasteiger partial charge in [0, 0.05) is 16.6 Å². The molecule has 0 aromatic heterocycles. The van der Waals surface area contributed by atoms with Crippen molar-refractivity contribution in [1.82, 2.24) is 0 Å². The van der Waals surface area contributed by atoms with Gasteiger partial charge in [-0.05, 0) is 42.5 Å². The third kappa shape index (κ3) is 3.99. The van der Waals surface area contributed by atoms with Crippen molar-refractivity contribution < 1.29 is 9.53 Å². The van der Waals surface area contributed by atoms with E-state index in [1.54, 1.807) is 25.1 Å². The maximum absolute atomic E-state index is 11.3. The average molecular weight is 355 g/mol. The molecule has 1 amide bonds. The molecule has 0 spiro atoms. The van der Waals surface area contributed by atoms with Gasteiger partial charge in [0.15, 0.2) is 0 Å². The Morgan fingerprint density at radius 2 is 1.95 bits per heavy atom. The first kappa shape index (κ1) is 14.9. The zero-order chi connectivity index (χ0) is 14.5. The highest BCUT2D eigenvalue weighted by Crippen LogP contribution is 2.32. The molecule has 1 N–H and O–H groups in total. The molecule has 2 rings (SSSR count). The number of amides is 1. The molecule has 0 heterocycles. The normalized spacial score (nSPS) is 10.2. The number of carbonyl (C=O) groups is 1. The van der Waals surface area contributed by atoms with E-state index < -0.39 is 0 Å². The molecule has 0 unspecified atom stereocenters. The summed E-state index contributed by atoms with van der Waals surface area (Å²) >= 11 is 9.51. The number of benzene rings is 2. The average Bonchev–Trinajstić information content (AvgIpc) is 2.44. The largest absolute Gasteiger partial charge is 0.456 e. The van der Waals surface area contributed by atoms with Crippen LogP contribution < -0.4 is 10.1 Å². The van der Waals surface area contributed by atoms with Gasteiger partial charge in [0.2, 0.25) is 5.91 Å². The van der Waals surface area contributed by atoms with Crippen LogP contribution in [0.5, 0.6) is 11.5 Å². The smallest absolute Gasteiger partial charge is 0.224 e. The summed E-state index contributed by atoms with van der Waals surface area (Å²) in [6.07, 6.45) is 0.425. The molecule has 0 aliphatic rings. The minimum atomic E-state index is -0.0531. The van der Waals surface area contributed by atoms with Gasteiger partial charge in [-0.15, -0.1) is 0 Å². The van der Waals surface area contributed by atoms with Crippen LogP contribution in [-0.4, -0.2) is 5.91 Å². The van der Waals surface area contributed by atoms with Gasteiger partial charge in [0.05, 0.1) is 5.02 Å². The van der Waals surface area contributed by atoms with E-state index in [2.05, 4.69) is 21.2 Å². The maximum atomic E-state index is 11.3. The third-order valence-corrected chi connectivity index (χ3v) is 3.40. The van der Waals surface area contributed by atoms with E-state index in [9.17, 15) is 4.79 Å². The molecule has 0 aliphatic carbocycles. The molecule has 2 aromatic rings. The van der Waals surface area contributed by atoms with Crippen LogP contribution in [0.1, 0.15) is 13.3 Å². The lowest BCUT2D eigenvalue weighted by Gasteiger charge is -2.10. The van der Waals surface area contributed by atoms with Crippen molar-refractivity contribution in [2.45, 2.75) is 13.3 Å². The number of anilines is 1. The first-order valence-corrected chi connectivity index (χ1v) is 7.28. The van der Waals surface area contributed by atoms with Crippen LogP contribution in [0.15, 0.2) is 46.9 Å². The van der Waals surface area contributed by atoms with Gasteiger partial charge in [-0.3, -0.25) is 4.79 Å². The van der Waals surface area contributed by atoms with Gasteiger partial charge >= 0.3 is 0 Å². The van der Waals surface area contributed by atoms with E-state index in [1.165, 1.54) is 0 Å². The molecule has 0 aliphatic heterocycles. The first-order chi connectivity index (χ1) is 9.58. The van der Waals surface area contributed by atoms with E-state index in [0.717, 1.165) is 4.47 Å². The zero-order valence-corrected chi connectivity index (χ0v) is 13.2. The molecule has 104 valence electrons. The Kier molecular flexibility index (Phi) is 5.04. The second kappa shape index (κ2) is 6.77. The van der Waals surface area contributed by atoms with Crippen molar-refractivity contribution in [3.8, 4) is 11.5 Å². The predicted molar refractivity (Wildman–Crippen MR) is 84.6 cm³/mol. The van der Waals surface area contributed by atoms with Crippen LogP contribution in [0.2, 0.25) is 5.02 Å². The fraction of sp³-hybridized carbons (Fsp3) is 0.133. The highest BCUT2D eigenvalue weighted by molar-refractivity contribution is 9.10. The van der Waals surface area contributed by atoms with Crippen LogP contribution >= 0.6 is 27.5 Å². The van der Waals surface area contributed by atoms with Crippen molar-refractivity contribution in [2.24, 2.45) is 0 Å². The quantitative estimate of drug-likeness (QED) is 0.815. The Balaban J connectivity index is 2.13. The Hall–Kier alpha value is -1.52. The molecule has 0 bridgehead atoms. The van der Waals surface area contributed by atoms with Crippen molar-refractivity contribution in [2.75, 3.05) is 5.32 Å². The summed E-state index contributed by atoms with van der Waals surface area (Å²) < 4.78 is 6.67. The van der Waals surface area contributed by atoms with Crippen molar-refractivity contribution in [3.05, 3.63) is 52.0 Å². The monoisotopic (exact) mass is 353 g/mol. The van der Waals surface area contributed by atoms with Gasteiger partial charge in [0.1, 0.15) is 11.5 Å². The van der Waals surface area contributed by atoms with Gasteiger partial charge < -0.3 is 10.1 Å². The second-order valence-corrected chi connectivity index (χ2v) is 5.43. The van der Waals surface area contributed by atoms with Crippen molar-refractivity contribution in [1.29, 1.82) is 0 Å². The van der Waals surface area contributed by atoms with Crippen LogP contribution in [0.3, 0.4) is 0 Å². The molecule has 3 nitrogen and oxygen atoms in total. The molecule has 0 radical (unpaired) electrons. The zero-order valence-electron chi connectivity index (χ0n) is 10.8. The molecule has 5 heteroatoms. The summed E-state index contributed by atoms with van der Waals surface area (Å²) in [5.74, 6) is 1.19.